The summed E-state index contributed by atoms with van der Waals surface area (Å²) >= 11 is 0. The maximum Gasteiger partial charge on any atom is 0.167 e. The Labute approximate surface area is 255 Å². The Kier molecular flexibility index (Phi) is 12.8. The fourth-order valence-corrected chi connectivity index (χ4v) is 3.51. The van der Waals surface area contributed by atoms with Crippen molar-refractivity contribution in [2.24, 2.45) is 0 Å². The number of ether oxygens (including phenoxy) is 1. The van der Waals surface area contributed by atoms with Gasteiger partial charge in [0.2, 0.25) is 0 Å². The topological polar surface area (TPSA) is 151 Å². The molecule has 1 unspecified atom stereocenters. The monoisotopic (exact) mass is 627 g/mol. The van der Waals surface area contributed by atoms with Gasteiger partial charge >= 0.3 is 0 Å². The lowest BCUT2D eigenvalue weighted by atomic mass is 10.1. The number of fused-ring (bicyclic) bond motifs is 1. The molecule has 3 aromatic carbocycles. The summed E-state index contributed by atoms with van der Waals surface area (Å²) in [7, 11) is 0.883. The molecule has 1 aromatic heterocycles. The summed E-state index contributed by atoms with van der Waals surface area (Å²) in [4.78, 5) is 23.2. The van der Waals surface area contributed by atoms with Gasteiger partial charge in [0.15, 0.2) is 29.9 Å². The minimum absolute atomic E-state index is 0.117. The number of allylic oxidation sites excluding steroid dienone is 4. The average molecular weight is 628 g/mol. The molecular weight excluding hydrogens is 592 g/mol. The predicted molar refractivity (Wildman–Crippen MR) is 174 cm³/mol. The Morgan fingerprint density at radius 1 is 1.09 bits per heavy atom. The number of anilines is 3. The molecule has 4 rings (SSSR count). The van der Waals surface area contributed by atoms with Crippen LogP contribution in [0.1, 0.15) is 13.8 Å². The molecule has 0 bridgehead atoms. The maximum absolute atomic E-state index is 13.9. The van der Waals surface area contributed by atoms with Crippen LogP contribution in [0.3, 0.4) is 0 Å². The highest BCUT2D eigenvalue weighted by atomic mass is 32.2. The maximum atomic E-state index is 13.9. The van der Waals surface area contributed by atoms with E-state index in [-0.39, 0.29) is 17.1 Å². The summed E-state index contributed by atoms with van der Waals surface area (Å²) in [6.45, 7) is 3.54. The Hall–Kier alpha value is -5.01. The summed E-state index contributed by atoms with van der Waals surface area (Å²) < 4.78 is 49.8. The van der Waals surface area contributed by atoms with Gasteiger partial charge in [0.05, 0.1) is 32.8 Å². The number of nitrogens with two attached hydrogens (primary N) is 1. The Balaban J connectivity index is 0.000000267. The molecule has 5 N–H and O–H groups in total. The lowest BCUT2D eigenvalue weighted by Gasteiger charge is -2.20. The number of H-pyrrole nitrogens is 1. The number of aromatic nitrogens is 2. The fourth-order valence-electron chi connectivity index (χ4n) is 3.51. The standard InChI is InChI=1S/C15H16FNO2.C14H13FN4O.C2H6O2S/c1-11(13(9-18)10-19)8-12(2)17(3)15-6-4-14(16)5-7-15;1-17-9-2-3-13(10(15)5-9)20-14-4-8-7-18-19-12(8)6-11(14)16;1-5(2,3)4/h4-10H,1-3H3;2-7,17H,16H2,1H3,(H,18,19);1H2,2H3,(H,3,4)/b12-8-;;. The van der Waals surface area contributed by atoms with Crippen LogP contribution < -0.4 is 20.7 Å². The molecule has 0 radical (unpaired) electrons. The molecule has 0 spiro atoms. The van der Waals surface area contributed by atoms with Crippen molar-refractivity contribution in [2.45, 2.75) is 13.8 Å². The zero-order valence-electron chi connectivity index (χ0n) is 24.9. The number of nitrogen functional groups attached to an aromatic ring is 1. The zero-order chi connectivity index (χ0) is 33.0. The summed E-state index contributed by atoms with van der Waals surface area (Å²) in [6.07, 6.45) is 5.62. The summed E-state index contributed by atoms with van der Waals surface area (Å²) in [5.41, 5.74) is 10.2. The molecule has 0 amide bonds. The van der Waals surface area contributed by atoms with Crippen molar-refractivity contribution in [1.29, 1.82) is 0 Å². The summed E-state index contributed by atoms with van der Waals surface area (Å²) in [5.74, 6) is 2.63. The minimum Gasteiger partial charge on any atom is -0.452 e. The number of aldehydes is 2. The highest BCUT2D eigenvalue weighted by molar-refractivity contribution is 7.94. The third-order valence-electron chi connectivity index (χ3n) is 5.89. The molecule has 0 saturated heterocycles. The lowest BCUT2D eigenvalue weighted by Crippen LogP contribution is -2.14. The van der Waals surface area contributed by atoms with Crippen molar-refractivity contribution in [2.75, 3.05) is 36.3 Å². The van der Waals surface area contributed by atoms with E-state index in [2.05, 4.69) is 21.4 Å². The van der Waals surface area contributed by atoms with Crippen LogP contribution in [-0.4, -0.2) is 57.8 Å². The van der Waals surface area contributed by atoms with E-state index < -0.39 is 15.6 Å². The number of rotatable bonds is 8. The van der Waals surface area contributed by atoms with Crippen LogP contribution in [0.5, 0.6) is 11.5 Å². The number of carbonyl (C=O) groups is 2. The first-order valence-corrected chi connectivity index (χ1v) is 15.0. The van der Waals surface area contributed by atoms with Crippen molar-refractivity contribution >= 4 is 56.2 Å². The lowest BCUT2D eigenvalue weighted by molar-refractivity contribution is -0.109. The van der Waals surface area contributed by atoms with E-state index in [0.29, 0.717) is 35.3 Å². The number of nitrogens with zero attached hydrogens (tertiary/aromatic N) is 2. The van der Waals surface area contributed by atoms with Gasteiger partial charge in [-0.3, -0.25) is 14.7 Å². The molecule has 4 aromatic rings. The van der Waals surface area contributed by atoms with Crippen LogP contribution >= 0.6 is 0 Å². The summed E-state index contributed by atoms with van der Waals surface area (Å²) in [5, 5.41) is 10.4. The molecule has 234 valence electrons. The van der Waals surface area contributed by atoms with Gasteiger partial charge in [-0.2, -0.15) is 5.10 Å². The second kappa shape index (κ2) is 16.0. The number of nitrogens with one attached hydrogen (secondary N) is 2. The van der Waals surface area contributed by atoms with E-state index in [4.69, 9.17) is 15.0 Å². The molecule has 0 saturated carbocycles. The molecule has 0 aliphatic carbocycles. The second-order valence-electron chi connectivity index (χ2n) is 9.50. The quantitative estimate of drug-likeness (QED) is 0.0361. The molecule has 44 heavy (non-hydrogen) atoms. The first-order valence-electron chi connectivity index (χ1n) is 12.9. The van der Waals surface area contributed by atoms with Crippen LogP contribution in [0.25, 0.3) is 10.9 Å². The average Bonchev–Trinajstić information content (AvgIpc) is 3.41. The zero-order valence-corrected chi connectivity index (χ0v) is 25.7. The Bertz CT molecular complexity index is 1750. The number of hydrogen-bond acceptors (Lipinski definition) is 8. The molecule has 1 heterocycles. The van der Waals surface area contributed by atoms with Gasteiger partial charge in [0.1, 0.15) is 5.82 Å². The molecule has 10 nitrogen and oxygen atoms in total. The fraction of sp³-hybridized carbons (Fsp3) is 0.161. The normalized spacial score (nSPS) is 12.0. The first kappa shape index (κ1) is 35.2. The van der Waals surface area contributed by atoms with Gasteiger partial charge in [0, 0.05) is 48.9 Å². The molecule has 0 aliphatic heterocycles. The van der Waals surface area contributed by atoms with Crippen molar-refractivity contribution in [1.82, 2.24) is 10.2 Å². The van der Waals surface area contributed by atoms with Crippen LogP contribution in [-0.2, 0) is 19.4 Å². The van der Waals surface area contributed by atoms with Gasteiger partial charge in [0.25, 0.3) is 0 Å². The molecule has 13 heteroatoms. The van der Waals surface area contributed by atoms with Crippen molar-refractivity contribution in [3.05, 3.63) is 95.3 Å². The van der Waals surface area contributed by atoms with Crippen molar-refractivity contribution in [3.8, 4) is 11.5 Å². The van der Waals surface area contributed by atoms with Crippen LogP contribution in [0, 0.1) is 11.6 Å². The van der Waals surface area contributed by atoms with Gasteiger partial charge in [-0.25, -0.2) is 13.0 Å². The third kappa shape index (κ3) is 11.0. The number of hydrogen-bond donors (Lipinski definition) is 4. The van der Waals surface area contributed by atoms with Gasteiger partial charge in [-0.05, 0) is 79.9 Å². The third-order valence-corrected chi connectivity index (χ3v) is 5.89. The highest BCUT2D eigenvalue weighted by Crippen LogP contribution is 2.33. The Morgan fingerprint density at radius 2 is 1.70 bits per heavy atom. The van der Waals surface area contributed by atoms with Gasteiger partial charge < -0.3 is 25.2 Å². The highest BCUT2D eigenvalue weighted by Gasteiger charge is 2.10. The SMILES string of the molecule is C=S(C)(=O)O.CC(/C=C(/C)N(C)c1ccc(F)cc1)=C(C=O)C=O.CNc1ccc(Oc2cc3cn[nH]c3cc2N)c(F)c1. The van der Waals surface area contributed by atoms with E-state index >= 15 is 0 Å². The molecule has 0 aliphatic rings. The van der Waals surface area contributed by atoms with Crippen molar-refractivity contribution in [3.63, 3.8) is 0 Å². The van der Waals surface area contributed by atoms with Crippen LogP contribution in [0.2, 0.25) is 0 Å². The smallest absolute Gasteiger partial charge is 0.167 e. The predicted octanol–water partition coefficient (Wildman–Crippen LogP) is 5.80. The summed E-state index contributed by atoms with van der Waals surface area (Å²) in [6, 6.07) is 14.1. The van der Waals surface area contributed by atoms with E-state index in [0.717, 1.165) is 28.5 Å². The van der Waals surface area contributed by atoms with E-state index in [1.165, 1.54) is 18.2 Å². The van der Waals surface area contributed by atoms with E-state index in [1.807, 2.05) is 18.9 Å². The second-order valence-corrected chi connectivity index (χ2v) is 11.4. The van der Waals surface area contributed by atoms with Crippen molar-refractivity contribution < 1.29 is 31.9 Å². The van der Waals surface area contributed by atoms with Gasteiger partial charge in [-0.15, -0.1) is 0 Å². The van der Waals surface area contributed by atoms with Crippen LogP contribution in [0.15, 0.2) is 83.7 Å². The van der Waals surface area contributed by atoms with E-state index in [9.17, 15) is 22.6 Å². The van der Waals surface area contributed by atoms with Gasteiger partial charge in [-0.1, -0.05) is 0 Å². The number of carbonyl (C=O) groups excluding carboxylic acids is 2. The molecule has 0 fully saturated rings. The molecule has 1 atom stereocenters. The largest absolute Gasteiger partial charge is 0.452 e. The number of aromatic amines is 1. The first-order chi connectivity index (χ1) is 20.7. The minimum atomic E-state index is -2.67. The number of halogens is 2. The van der Waals surface area contributed by atoms with E-state index in [1.54, 1.807) is 62.6 Å². The number of benzene rings is 3. The molecular formula is C31H35F2N5O5S. The Morgan fingerprint density at radius 3 is 2.25 bits per heavy atom. The van der Waals surface area contributed by atoms with Crippen LogP contribution in [0.4, 0.5) is 25.8 Å².